The van der Waals surface area contributed by atoms with Crippen LogP contribution < -0.4 is 10.6 Å². The maximum absolute atomic E-state index is 11.5. The molecule has 0 bridgehead atoms. The minimum absolute atomic E-state index is 0.0940. The van der Waals surface area contributed by atoms with Gasteiger partial charge >= 0.3 is 0 Å². The number of carbonyl (C=O) groups is 2. The van der Waals surface area contributed by atoms with Crippen molar-refractivity contribution < 1.29 is 14.0 Å². The van der Waals surface area contributed by atoms with Crippen LogP contribution >= 0.6 is 0 Å². The molecule has 1 aliphatic carbocycles. The van der Waals surface area contributed by atoms with Gasteiger partial charge in [0.25, 0.3) is 0 Å². The number of furan rings is 1. The molecule has 0 spiro atoms. The van der Waals surface area contributed by atoms with Crippen LogP contribution in [0.5, 0.6) is 0 Å². The van der Waals surface area contributed by atoms with Crippen LogP contribution in [-0.2, 0) is 9.59 Å². The summed E-state index contributed by atoms with van der Waals surface area (Å²) in [5, 5.41) is 5.13. The van der Waals surface area contributed by atoms with Crippen LogP contribution in [0.2, 0.25) is 0 Å². The molecule has 1 aliphatic rings. The van der Waals surface area contributed by atoms with Gasteiger partial charge in [0, 0.05) is 32.0 Å². The van der Waals surface area contributed by atoms with Gasteiger partial charge < -0.3 is 15.1 Å². The molecule has 1 aromatic rings. The monoisotopic (exact) mass is 276 g/mol. The molecule has 5 heteroatoms. The van der Waals surface area contributed by atoms with Gasteiger partial charge in [-0.25, -0.2) is 0 Å². The van der Waals surface area contributed by atoms with Gasteiger partial charge in [-0.05, 0) is 30.5 Å². The predicted octanol–water partition coefficient (Wildman–Crippen LogP) is 1.67. The van der Waals surface area contributed by atoms with Crippen LogP contribution in [-0.4, -0.2) is 25.4 Å². The first-order valence-electron chi connectivity index (χ1n) is 6.86. The zero-order chi connectivity index (χ0) is 14.5. The van der Waals surface area contributed by atoms with Gasteiger partial charge in [-0.1, -0.05) is 6.92 Å². The molecule has 2 N–H and O–H groups in total. The molecule has 0 aromatic carbocycles. The summed E-state index contributed by atoms with van der Waals surface area (Å²) in [6, 6.07) is 3.84. The van der Waals surface area contributed by atoms with E-state index in [1.165, 1.54) is 12.5 Å². The van der Waals surface area contributed by atoms with Gasteiger partial charge in [-0.15, -0.1) is 0 Å². The van der Waals surface area contributed by atoms with Crippen molar-refractivity contribution in [2.75, 3.05) is 13.6 Å². The Kier molecular flexibility index (Phi) is 4.61. The fourth-order valence-electron chi connectivity index (χ4n) is 2.02. The molecule has 0 saturated heterocycles. The summed E-state index contributed by atoms with van der Waals surface area (Å²) >= 11 is 0. The Bertz CT molecular complexity index is 519. The van der Waals surface area contributed by atoms with Crippen LogP contribution in [0.15, 0.2) is 22.6 Å². The van der Waals surface area contributed by atoms with E-state index in [4.69, 9.17) is 4.42 Å². The first-order chi connectivity index (χ1) is 9.60. The minimum Gasteiger partial charge on any atom is -0.461 e. The summed E-state index contributed by atoms with van der Waals surface area (Å²) in [7, 11) is 1.57. The van der Waals surface area contributed by atoms with Crippen LogP contribution in [0.4, 0.5) is 0 Å². The zero-order valence-corrected chi connectivity index (χ0v) is 11.8. The second kappa shape index (κ2) is 6.41. The number of hydrogen-bond donors (Lipinski definition) is 2. The van der Waals surface area contributed by atoms with E-state index in [9.17, 15) is 9.59 Å². The van der Waals surface area contributed by atoms with E-state index in [1.807, 2.05) is 12.1 Å². The van der Waals surface area contributed by atoms with E-state index in [0.717, 1.165) is 5.76 Å². The van der Waals surface area contributed by atoms with Crippen LogP contribution in [0.1, 0.15) is 37.2 Å². The average Bonchev–Trinajstić information content (AvgIpc) is 2.99. The van der Waals surface area contributed by atoms with Crippen molar-refractivity contribution in [3.63, 3.8) is 0 Å². The van der Waals surface area contributed by atoms with Gasteiger partial charge in [-0.2, -0.15) is 0 Å². The number of nitrogens with one attached hydrogen (secondary N) is 2. The second-order valence-electron chi connectivity index (χ2n) is 5.11. The van der Waals surface area contributed by atoms with E-state index < -0.39 is 0 Å². The number of amides is 2. The van der Waals surface area contributed by atoms with E-state index in [1.54, 1.807) is 13.1 Å². The molecule has 5 nitrogen and oxygen atoms in total. The number of hydrogen-bond acceptors (Lipinski definition) is 3. The SMILES string of the molecule is CNC(=O)CCNC(=O)/C=C\c1ccc([C@@H]2C[C@H]2C)o1. The van der Waals surface area contributed by atoms with E-state index in [2.05, 4.69) is 17.6 Å². The average molecular weight is 276 g/mol. The molecule has 0 unspecified atom stereocenters. The Balaban J connectivity index is 1.75. The van der Waals surface area contributed by atoms with Gasteiger partial charge in [0.15, 0.2) is 0 Å². The van der Waals surface area contributed by atoms with Crippen molar-refractivity contribution >= 4 is 17.9 Å². The lowest BCUT2D eigenvalue weighted by molar-refractivity contribution is -0.120. The molecule has 2 amide bonds. The molecule has 2 atom stereocenters. The Morgan fingerprint density at radius 1 is 1.45 bits per heavy atom. The highest BCUT2D eigenvalue weighted by Gasteiger charge is 2.36. The summed E-state index contributed by atoms with van der Waals surface area (Å²) in [5.41, 5.74) is 0. The van der Waals surface area contributed by atoms with Crippen molar-refractivity contribution in [3.8, 4) is 0 Å². The van der Waals surface area contributed by atoms with Crippen molar-refractivity contribution in [3.05, 3.63) is 29.7 Å². The second-order valence-corrected chi connectivity index (χ2v) is 5.11. The normalized spacial score (nSPS) is 20.9. The molecule has 0 aliphatic heterocycles. The summed E-state index contributed by atoms with van der Waals surface area (Å²) in [6.07, 6.45) is 4.52. The molecule has 20 heavy (non-hydrogen) atoms. The lowest BCUT2D eigenvalue weighted by atomic mass is 10.3. The van der Waals surface area contributed by atoms with E-state index in [0.29, 0.717) is 24.1 Å². The standard InChI is InChI=1S/C15H20N2O3/c1-10-9-12(10)13-5-3-11(20-13)4-6-15(19)17-8-7-14(18)16-2/h3-6,10,12H,7-9H2,1-2H3,(H,16,18)(H,17,19)/b6-4-/t10-,12-/m1/s1. The first kappa shape index (κ1) is 14.4. The molecule has 2 rings (SSSR count). The van der Waals surface area contributed by atoms with Crippen LogP contribution in [0.25, 0.3) is 6.08 Å². The molecule has 0 radical (unpaired) electrons. The Morgan fingerprint density at radius 2 is 2.20 bits per heavy atom. The third kappa shape index (κ3) is 3.98. The lowest BCUT2D eigenvalue weighted by Gasteiger charge is -2.00. The fraction of sp³-hybridized carbons (Fsp3) is 0.467. The van der Waals surface area contributed by atoms with Crippen LogP contribution in [0, 0.1) is 5.92 Å². The highest BCUT2D eigenvalue weighted by Crippen LogP contribution is 2.47. The summed E-state index contributed by atoms with van der Waals surface area (Å²) in [4.78, 5) is 22.5. The summed E-state index contributed by atoms with van der Waals surface area (Å²) < 4.78 is 5.66. The van der Waals surface area contributed by atoms with Crippen LogP contribution in [0.3, 0.4) is 0 Å². The first-order valence-corrected chi connectivity index (χ1v) is 6.86. The molecular formula is C15H20N2O3. The minimum atomic E-state index is -0.230. The van der Waals surface area contributed by atoms with E-state index in [-0.39, 0.29) is 18.2 Å². The maximum Gasteiger partial charge on any atom is 0.244 e. The highest BCUT2D eigenvalue weighted by molar-refractivity contribution is 5.91. The zero-order valence-electron chi connectivity index (χ0n) is 11.8. The lowest BCUT2D eigenvalue weighted by Crippen LogP contribution is -2.27. The smallest absolute Gasteiger partial charge is 0.244 e. The van der Waals surface area contributed by atoms with Gasteiger partial charge in [0.1, 0.15) is 11.5 Å². The quantitative estimate of drug-likeness (QED) is 0.776. The molecule has 1 aromatic heterocycles. The van der Waals surface area contributed by atoms with Crippen molar-refractivity contribution in [1.29, 1.82) is 0 Å². The largest absolute Gasteiger partial charge is 0.461 e. The molecule has 1 heterocycles. The molecule has 108 valence electrons. The van der Waals surface area contributed by atoms with Gasteiger partial charge in [-0.3, -0.25) is 9.59 Å². The number of carbonyl (C=O) groups excluding carboxylic acids is 2. The maximum atomic E-state index is 11.5. The summed E-state index contributed by atoms with van der Waals surface area (Å²) in [5.74, 6) is 2.59. The Hall–Kier alpha value is -2.04. The third-order valence-corrected chi connectivity index (χ3v) is 3.45. The van der Waals surface area contributed by atoms with Gasteiger partial charge in [0.2, 0.25) is 11.8 Å². The topological polar surface area (TPSA) is 71.3 Å². The Morgan fingerprint density at radius 3 is 2.85 bits per heavy atom. The predicted molar refractivity (Wildman–Crippen MR) is 76.0 cm³/mol. The molecule has 1 fully saturated rings. The van der Waals surface area contributed by atoms with Crippen molar-refractivity contribution in [1.82, 2.24) is 10.6 Å². The number of rotatable bonds is 6. The Labute approximate surface area is 118 Å². The highest BCUT2D eigenvalue weighted by atomic mass is 16.3. The van der Waals surface area contributed by atoms with Crippen molar-refractivity contribution in [2.24, 2.45) is 5.92 Å². The summed E-state index contributed by atoms with van der Waals surface area (Å²) in [6.45, 7) is 2.52. The van der Waals surface area contributed by atoms with E-state index >= 15 is 0 Å². The van der Waals surface area contributed by atoms with Crippen molar-refractivity contribution in [2.45, 2.75) is 25.7 Å². The molecule has 1 saturated carbocycles. The fourth-order valence-corrected chi connectivity index (χ4v) is 2.02. The molecular weight excluding hydrogens is 256 g/mol. The third-order valence-electron chi connectivity index (χ3n) is 3.45. The van der Waals surface area contributed by atoms with Gasteiger partial charge in [0.05, 0.1) is 0 Å².